The average molecular weight is 756 g/mol. The van der Waals surface area contributed by atoms with E-state index in [-0.39, 0.29) is 55.7 Å². The van der Waals surface area contributed by atoms with Crippen LogP contribution >= 0.6 is 0 Å². The predicted octanol–water partition coefficient (Wildman–Crippen LogP) is 2.64. The Labute approximate surface area is 310 Å². The number of nitrogens with one attached hydrogen (secondary N) is 5. The Morgan fingerprint density at radius 2 is 1.52 bits per heavy atom. The summed E-state index contributed by atoms with van der Waals surface area (Å²) in [5.74, 6) is -3.61. The number of nitro groups is 1. The Bertz CT molecular complexity index is 1650. The third-order valence-corrected chi connectivity index (χ3v) is 7.45. The molecule has 0 aliphatic carbocycles. The van der Waals surface area contributed by atoms with Crippen molar-refractivity contribution in [2.45, 2.75) is 71.1 Å². The van der Waals surface area contributed by atoms with Gasteiger partial charge < -0.3 is 46.9 Å². The number of amides is 6. The van der Waals surface area contributed by atoms with Crippen LogP contribution in [0, 0.1) is 16.0 Å². The Balaban J connectivity index is 1.92. The number of carbonyl (C=O) groups is 7. The highest BCUT2D eigenvalue weighted by atomic mass is 16.7. The van der Waals surface area contributed by atoms with Crippen LogP contribution in [0.2, 0.25) is 0 Å². The van der Waals surface area contributed by atoms with Crippen molar-refractivity contribution >= 4 is 53.2 Å². The number of ether oxygens (including phenoxy) is 2. The molecule has 2 aromatic rings. The number of primary amides is 1. The van der Waals surface area contributed by atoms with Crippen LogP contribution < -0.4 is 37.1 Å². The molecular weight excluding hydrogens is 710 g/mol. The lowest BCUT2D eigenvalue weighted by molar-refractivity contribution is -0.384. The van der Waals surface area contributed by atoms with E-state index in [1.807, 2.05) is 0 Å². The second-order valence-electron chi connectivity index (χ2n) is 12.1. The number of hydrogen-bond acceptors (Lipinski definition) is 11. The second-order valence-corrected chi connectivity index (χ2v) is 12.1. The van der Waals surface area contributed by atoms with Gasteiger partial charge in [0.05, 0.1) is 4.92 Å². The average Bonchev–Trinajstić information content (AvgIpc) is 3.11. The third kappa shape index (κ3) is 17.6. The summed E-state index contributed by atoms with van der Waals surface area (Å²) in [5.41, 5.74) is 5.86. The van der Waals surface area contributed by atoms with Gasteiger partial charge in [0.25, 0.3) is 5.69 Å². The second kappa shape index (κ2) is 23.1. The molecule has 0 saturated carbocycles. The van der Waals surface area contributed by atoms with Gasteiger partial charge in [-0.2, -0.15) is 0 Å². The smallest absolute Gasteiger partial charge is 0.478 e. The number of urea groups is 1. The van der Waals surface area contributed by atoms with Gasteiger partial charge in [0.2, 0.25) is 23.6 Å². The van der Waals surface area contributed by atoms with Gasteiger partial charge in [-0.1, -0.05) is 32.4 Å². The van der Waals surface area contributed by atoms with Gasteiger partial charge in [-0.15, -0.1) is 0 Å². The molecule has 0 unspecified atom stereocenters. The fourth-order valence-corrected chi connectivity index (χ4v) is 4.65. The van der Waals surface area contributed by atoms with Crippen molar-refractivity contribution in [3.8, 4) is 5.75 Å². The number of carboxylic acid groups (broad SMARTS) is 1. The lowest BCUT2D eigenvalue weighted by Gasteiger charge is -2.25. The molecule has 0 fully saturated rings. The minimum atomic E-state index is -1.24. The summed E-state index contributed by atoms with van der Waals surface area (Å²) in [6.45, 7) is 3.73. The summed E-state index contributed by atoms with van der Waals surface area (Å²) in [5, 5.41) is 32.4. The van der Waals surface area contributed by atoms with E-state index in [1.54, 1.807) is 38.1 Å². The number of rotatable bonds is 22. The van der Waals surface area contributed by atoms with Gasteiger partial charge in [-0.3, -0.25) is 29.3 Å². The monoisotopic (exact) mass is 755 g/mol. The molecule has 0 spiro atoms. The zero-order valence-corrected chi connectivity index (χ0v) is 29.8. The van der Waals surface area contributed by atoms with Crippen LogP contribution in [0.15, 0.2) is 60.7 Å². The molecule has 54 heavy (non-hydrogen) atoms. The molecule has 0 bridgehead atoms. The molecular formula is C35H45N7O12. The third-order valence-electron chi connectivity index (χ3n) is 7.45. The minimum Gasteiger partial charge on any atom is -0.478 e. The van der Waals surface area contributed by atoms with Crippen molar-refractivity contribution in [3.05, 3.63) is 76.4 Å². The highest BCUT2D eigenvalue weighted by Crippen LogP contribution is 2.18. The van der Waals surface area contributed by atoms with Crippen LogP contribution in [0.4, 0.5) is 21.0 Å². The Kier molecular flexibility index (Phi) is 18.7. The van der Waals surface area contributed by atoms with Gasteiger partial charge in [0.15, 0.2) is 0 Å². The first kappa shape index (κ1) is 43.6. The van der Waals surface area contributed by atoms with Crippen LogP contribution in [-0.2, 0) is 35.3 Å². The van der Waals surface area contributed by atoms with Gasteiger partial charge >= 0.3 is 18.2 Å². The molecule has 2 rings (SSSR count). The molecule has 2 aromatic carbocycles. The van der Waals surface area contributed by atoms with Crippen molar-refractivity contribution in [3.63, 3.8) is 0 Å². The van der Waals surface area contributed by atoms with Crippen LogP contribution in [0.25, 0.3) is 0 Å². The van der Waals surface area contributed by atoms with Crippen LogP contribution in [0.3, 0.4) is 0 Å². The maximum atomic E-state index is 13.4. The van der Waals surface area contributed by atoms with Crippen molar-refractivity contribution in [2.75, 3.05) is 18.4 Å². The zero-order valence-electron chi connectivity index (χ0n) is 29.8. The number of nitrogens with two attached hydrogens (primary N) is 1. The number of non-ortho nitro benzene ring substituents is 1. The highest BCUT2D eigenvalue weighted by molar-refractivity contribution is 5.98. The fraction of sp³-hybridized carbons (Fsp3) is 0.400. The number of nitro benzene ring substituents is 1. The maximum absolute atomic E-state index is 13.4. The first-order valence-corrected chi connectivity index (χ1v) is 16.9. The molecule has 292 valence electrons. The number of aliphatic carboxylic acids is 1. The first-order chi connectivity index (χ1) is 25.6. The standard InChI is InChI=1S/C35H45N7O12/c1-22(2)31(41-29(44)8-4-3-5-19-37-28(43)17-18-30(45)46)33(48)40-27(7-6-20-38-34(36)49)32(47)39-24-11-9-23(10-12-24)21-53-35(50)54-26-15-13-25(14-16-26)42(51)52/h9-18,22,27,31H,3-8,19-21H2,1-2H3,(H,37,43)(H,39,47)(H,40,48)(H,41,44)(H,45,46)(H3,36,38,49)/b18-17-/t27-,31-/m0/s1. The molecule has 19 nitrogen and oxygen atoms in total. The largest absolute Gasteiger partial charge is 0.514 e. The molecule has 0 radical (unpaired) electrons. The van der Waals surface area contributed by atoms with Crippen molar-refractivity contribution in [1.29, 1.82) is 0 Å². The summed E-state index contributed by atoms with van der Waals surface area (Å²) in [4.78, 5) is 94.8. The predicted molar refractivity (Wildman–Crippen MR) is 193 cm³/mol. The SMILES string of the molecule is CC(C)[C@H](NC(=O)CCCCCNC(=O)/C=C\C(=O)O)C(=O)N[C@@H](CCCNC(N)=O)C(=O)Nc1ccc(COC(=O)Oc2ccc([N+](=O)[O-])cc2)cc1. The molecule has 0 aliphatic rings. The summed E-state index contributed by atoms with van der Waals surface area (Å²) < 4.78 is 10.1. The molecule has 19 heteroatoms. The Morgan fingerprint density at radius 1 is 0.852 bits per heavy atom. The molecule has 2 atom stereocenters. The molecule has 0 saturated heterocycles. The summed E-state index contributed by atoms with van der Waals surface area (Å²) >= 11 is 0. The van der Waals surface area contributed by atoms with E-state index in [0.717, 1.165) is 12.2 Å². The van der Waals surface area contributed by atoms with E-state index in [0.29, 0.717) is 37.1 Å². The van der Waals surface area contributed by atoms with Gasteiger partial charge in [-0.05, 0) is 61.4 Å². The van der Waals surface area contributed by atoms with Crippen molar-refractivity contribution < 1.29 is 53.1 Å². The first-order valence-electron chi connectivity index (χ1n) is 16.9. The van der Waals surface area contributed by atoms with Crippen LogP contribution in [-0.4, -0.2) is 77.0 Å². The number of carbonyl (C=O) groups excluding carboxylic acids is 6. The van der Waals surface area contributed by atoms with E-state index in [1.165, 1.54) is 24.3 Å². The van der Waals surface area contributed by atoms with Crippen LogP contribution in [0.5, 0.6) is 5.75 Å². The lowest BCUT2D eigenvalue weighted by atomic mass is 10.0. The van der Waals surface area contributed by atoms with E-state index in [4.69, 9.17) is 20.3 Å². The maximum Gasteiger partial charge on any atom is 0.514 e. The Morgan fingerprint density at radius 3 is 2.13 bits per heavy atom. The van der Waals surface area contributed by atoms with E-state index >= 15 is 0 Å². The highest BCUT2D eigenvalue weighted by Gasteiger charge is 2.29. The zero-order chi connectivity index (χ0) is 40.0. The fourth-order valence-electron chi connectivity index (χ4n) is 4.65. The molecule has 0 heterocycles. The van der Waals surface area contributed by atoms with E-state index < -0.39 is 52.9 Å². The van der Waals surface area contributed by atoms with E-state index in [2.05, 4.69) is 26.6 Å². The van der Waals surface area contributed by atoms with E-state index in [9.17, 15) is 43.7 Å². The normalized spacial score (nSPS) is 11.8. The minimum absolute atomic E-state index is 0.0561. The number of nitrogens with zero attached hydrogens (tertiary/aromatic N) is 1. The van der Waals surface area contributed by atoms with Crippen molar-refractivity contribution in [2.24, 2.45) is 11.7 Å². The number of benzene rings is 2. The quantitative estimate of drug-likeness (QED) is 0.0228. The number of carboxylic acids is 1. The summed E-state index contributed by atoms with van der Waals surface area (Å²) in [6, 6.07) is 8.35. The number of hydrogen-bond donors (Lipinski definition) is 7. The molecule has 8 N–H and O–H groups in total. The molecule has 0 aromatic heterocycles. The summed E-state index contributed by atoms with van der Waals surface area (Å²) in [7, 11) is 0. The lowest BCUT2D eigenvalue weighted by Crippen LogP contribution is -2.54. The summed E-state index contributed by atoms with van der Waals surface area (Å²) in [6.07, 6.45) is 2.70. The van der Waals surface area contributed by atoms with Gasteiger partial charge in [0, 0.05) is 49.5 Å². The number of anilines is 1. The molecule has 0 aliphatic heterocycles. The number of unbranched alkanes of at least 4 members (excludes halogenated alkanes) is 2. The van der Waals surface area contributed by atoms with Gasteiger partial charge in [0.1, 0.15) is 24.4 Å². The van der Waals surface area contributed by atoms with Gasteiger partial charge in [-0.25, -0.2) is 14.4 Å². The Hall–Kier alpha value is -6.53. The van der Waals surface area contributed by atoms with Crippen LogP contribution in [0.1, 0.15) is 57.9 Å². The topological polar surface area (TPSA) is 287 Å². The molecule has 6 amide bonds. The van der Waals surface area contributed by atoms with Crippen molar-refractivity contribution in [1.82, 2.24) is 21.3 Å².